The molecule has 4 rings (SSSR count). The molecule has 160 valence electrons. The summed E-state index contributed by atoms with van der Waals surface area (Å²) >= 11 is 6.09. The zero-order valence-corrected chi connectivity index (χ0v) is 17.7. The van der Waals surface area contributed by atoms with E-state index < -0.39 is 18.3 Å². The number of rotatable bonds is 7. The number of halogens is 2. The van der Waals surface area contributed by atoms with E-state index in [1.54, 1.807) is 24.3 Å². The van der Waals surface area contributed by atoms with Crippen molar-refractivity contribution in [3.63, 3.8) is 0 Å². The molecule has 1 amide bonds. The monoisotopic (exact) mass is 430 g/mol. The van der Waals surface area contributed by atoms with E-state index in [1.807, 2.05) is 17.0 Å². The molecule has 0 aromatic heterocycles. The van der Waals surface area contributed by atoms with Crippen LogP contribution in [-0.2, 0) is 17.6 Å². The lowest BCUT2D eigenvalue weighted by Gasteiger charge is -2.29. The number of hydrogen-bond acceptors (Lipinski definition) is 3. The van der Waals surface area contributed by atoms with Crippen molar-refractivity contribution in [3.8, 4) is 0 Å². The van der Waals surface area contributed by atoms with Gasteiger partial charge < -0.3 is 10.4 Å². The van der Waals surface area contributed by atoms with Gasteiger partial charge in [-0.05, 0) is 54.0 Å². The summed E-state index contributed by atoms with van der Waals surface area (Å²) in [5.41, 5.74) is 3.28. The standard InChI is InChI=1S/C24H28ClFN2O2/c25-20-7-3-6-19(13-20)24(30)22(15-28-9-8-21(26)14-28)27-23(29)12-16-10-17-4-1-2-5-18(17)11-16/h1-7,13,16,21-22,24,30H,8-12,14-15H2,(H,27,29)/t21-,22?,24?/m1/s1. The molecule has 1 fully saturated rings. The molecule has 30 heavy (non-hydrogen) atoms. The highest BCUT2D eigenvalue weighted by Crippen LogP contribution is 2.29. The van der Waals surface area contributed by atoms with Crippen molar-refractivity contribution in [2.24, 2.45) is 5.92 Å². The molecule has 0 bridgehead atoms. The van der Waals surface area contributed by atoms with Crippen LogP contribution >= 0.6 is 11.6 Å². The number of nitrogens with zero attached hydrogens (tertiary/aromatic N) is 1. The third kappa shape index (κ3) is 5.20. The number of carbonyl (C=O) groups is 1. The van der Waals surface area contributed by atoms with Crippen LogP contribution in [0.3, 0.4) is 0 Å². The first kappa shape index (κ1) is 21.3. The van der Waals surface area contributed by atoms with Crippen LogP contribution in [0, 0.1) is 5.92 Å². The fraction of sp³-hybridized carbons (Fsp3) is 0.458. The molecule has 3 atom stereocenters. The van der Waals surface area contributed by atoms with Crippen LogP contribution in [0.15, 0.2) is 48.5 Å². The summed E-state index contributed by atoms with van der Waals surface area (Å²) in [5.74, 6) is 0.197. The Labute approximate surface area is 182 Å². The number of fused-ring (bicyclic) bond motifs is 1. The molecular formula is C24H28ClFN2O2. The fourth-order valence-electron chi connectivity index (χ4n) is 4.70. The second-order valence-corrected chi connectivity index (χ2v) is 9.00. The van der Waals surface area contributed by atoms with Crippen molar-refractivity contribution in [1.82, 2.24) is 10.2 Å². The van der Waals surface area contributed by atoms with Gasteiger partial charge in [0.2, 0.25) is 5.91 Å². The molecule has 1 aliphatic heterocycles. The second kappa shape index (κ2) is 9.46. The molecule has 1 saturated heterocycles. The summed E-state index contributed by atoms with van der Waals surface area (Å²) in [6.07, 6.45) is 0.961. The Kier molecular flexibility index (Phi) is 6.71. The van der Waals surface area contributed by atoms with Gasteiger partial charge in [-0.25, -0.2) is 4.39 Å². The normalized spacial score (nSPS) is 21.4. The Hall–Kier alpha value is -1.95. The molecular weight excluding hydrogens is 403 g/mol. The minimum absolute atomic E-state index is 0.0742. The Morgan fingerprint density at radius 3 is 2.57 bits per heavy atom. The van der Waals surface area contributed by atoms with Crippen molar-refractivity contribution in [2.45, 2.75) is 44.0 Å². The first-order valence-corrected chi connectivity index (χ1v) is 11.0. The SMILES string of the molecule is O=C(CC1Cc2ccccc2C1)NC(CN1CC[C@@H](F)C1)C(O)c1cccc(Cl)c1. The van der Waals surface area contributed by atoms with Crippen LogP contribution in [0.1, 0.15) is 35.6 Å². The molecule has 1 aliphatic carbocycles. The molecule has 2 N–H and O–H groups in total. The summed E-state index contributed by atoms with van der Waals surface area (Å²) in [7, 11) is 0. The van der Waals surface area contributed by atoms with Crippen LogP contribution in [-0.4, -0.2) is 47.8 Å². The van der Waals surface area contributed by atoms with Gasteiger partial charge in [0.25, 0.3) is 0 Å². The maximum absolute atomic E-state index is 13.7. The molecule has 6 heteroatoms. The highest BCUT2D eigenvalue weighted by molar-refractivity contribution is 6.30. The number of carbonyl (C=O) groups excluding carboxylic acids is 1. The number of likely N-dealkylation sites (tertiary alicyclic amines) is 1. The Morgan fingerprint density at radius 2 is 1.93 bits per heavy atom. The average molecular weight is 431 g/mol. The van der Waals surface area contributed by atoms with Gasteiger partial charge in [0, 0.05) is 31.1 Å². The van der Waals surface area contributed by atoms with Crippen LogP contribution in [0.5, 0.6) is 0 Å². The van der Waals surface area contributed by atoms with Crippen LogP contribution in [0.25, 0.3) is 0 Å². The average Bonchev–Trinajstić information content (AvgIpc) is 3.31. The van der Waals surface area contributed by atoms with E-state index in [1.165, 1.54) is 11.1 Å². The minimum Gasteiger partial charge on any atom is -0.386 e. The topological polar surface area (TPSA) is 52.6 Å². The van der Waals surface area contributed by atoms with Crippen LogP contribution in [0.4, 0.5) is 4.39 Å². The third-order valence-corrected chi connectivity index (χ3v) is 6.43. The molecule has 0 spiro atoms. The quantitative estimate of drug-likeness (QED) is 0.704. The van der Waals surface area contributed by atoms with Crippen molar-refractivity contribution < 1.29 is 14.3 Å². The van der Waals surface area contributed by atoms with Crippen molar-refractivity contribution >= 4 is 17.5 Å². The van der Waals surface area contributed by atoms with E-state index in [0.29, 0.717) is 43.1 Å². The lowest BCUT2D eigenvalue weighted by molar-refractivity contribution is -0.123. The number of benzene rings is 2. The number of hydrogen-bond donors (Lipinski definition) is 2. The van der Waals surface area contributed by atoms with Gasteiger partial charge in [-0.2, -0.15) is 0 Å². The van der Waals surface area contributed by atoms with E-state index >= 15 is 0 Å². The van der Waals surface area contributed by atoms with Crippen molar-refractivity contribution in [1.29, 1.82) is 0 Å². The smallest absolute Gasteiger partial charge is 0.220 e. The van der Waals surface area contributed by atoms with Gasteiger partial charge in [0.1, 0.15) is 12.3 Å². The number of alkyl halides is 1. The number of aliphatic hydroxyl groups is 1. The summed E-state index contributed by atoms with van der Waals surface area (Å²) < 4.78 is 13.7. The Balaban J connectivity index is 1.42. The Morgan fingerprint density at radius 1 is 1.20 bits per heavy atom. The number of aliphatic hydroxyl groups excluding tert-OH is 1. The summed E-state index contributed by atoms with van der Waals surface area (Å²) in [5, 5.41) is 14.6. The van der Waals surface area contributed by atoms with E-state index in [9.17, 15) is 14.3 Å². The highest BCUT2D eigenvalue weighted by atomic mass is 35.5. The van der Waals surface area contributed by atoms with Gasteiger partial charge in [-0.3, -0.25) is 9.69 Å². The fourth-order valence-corrected chi connectivity index (χ4v) is 4.90. The van der Waals surface area contributed by atoms with Gasteiger partial charge >= 0.3 is 0 Å². The lowest BCUT2D eigenvalue weighted by atomic mass is 9.99. The van der Waals surface area contributed by atoms with Crippen molar-refractivity contribution in [3.05, 3.63) is 70.2 Å². The predicted molar refractivity (Wildman–Crippen MR) is 116 cm³/mol. The summed E-state index contributed by atoms with van der Waals surface area (Å²) in [4.78, 5) is 14.8. The first-order chi connectivity index (χ1) is 14.5. The van der Waals surface area contributed by atoms with E-state index in [-0.39, 0.29) is 11.8 Å². The van der Waals surface area contributed by atoms with Crippen molar-refractivity contribution in [2.75, 3.05) is 19.6 Å². The number of nitrogens with one attached hydrogen (secondary N) is 1. The minimum atomic E-state index is -0.910. The third-order valence-electron chi connectivity index (χ3n) is 6.20. The van der Waals surface area contributed by atoms with E-state index in [2.05, 4.69) is 17.4 Å². The maximum atomic E-state index is 13.7. The van der Waals surface area contributed by atoms with Gasteiger partial charge in [-0.1, -0.05) is 48.0 Å². The largest absolute Gasteiger partial charge is 0.386 e. The van der Waals surface area contributed by atoms with Gasteiger partial charge in [-0.15, -0.1) is 0 Å². The van der Waals surface area contributed by atoms with Gasteiger partial charge in [0.05, 0.1) is 6.04 Å². The summed E-state index contributed by atoms with van der Waals surface area (Å²) in [6.45, 7) is 1.38. The van der Waals surface area contributed by atoms with Crippen LogP contribution in [0.2, 0.25) is 5.02 Å². The molecule has 2 aromatic rings. The molecule has 0 radical (unpaired) electrons. The predicted octanol–water partition coefficient (Wildman–Crippen LogP) is 3.71. The molecule has 0 saturated carbocycles. The maximum Gasteiger partial charge on any atom is 0.220 e. The molecule has 2 unspecified atom stereocenters. The van der Waals surface area contributed by atoms with E-state index in [0.717, 1.165) is 12.8 Å². The zero-order chi connectivity index (χ0) is 21.1. The van der Waals surface area contributed by atoms with Crippen LogP contribution < -0.4 is 5.32 Å². The molecule has 2 aliphatic rings. The lowest BCUT2D eigenvalue weighted by Crippen LogP contribution is -2.47. The molecule has 1 heterocycles. The second-order valence-electron chi connectivity index (χ2n) is 8.57. The molecule has 4 nitrogen and oxygen atoms in total. The first-order valence-electron chi connectivity index (χ1n) is 10.6. The Bertz CT molecular complexity index is 868. The van der Waals surface area contributed by atoms with E-state index in [4.69, 9.17) is 11.6 Å². The van der Waals surface area contributed by atoms with Gasteiger partial charge in [0.15, 0.2) is 0 Å². The zero-order valence-electron chi connectivity index (χ0n) is 16.9. The molecule has 2 aromatic carbocycles. The summed E-state index contributed by atoms with van der Waals surface area (Å²) in [6, 6.07) is 14.8. The highest BCUT2D eigenvalue weighted by Gasteiger charge is 2.31. The number of amides is 1.